The molecule has 2 N–H and O–H groups in total. The molecule has 2 rings (SSSR count). The van der Waals surface area contributed by atoms with Crippen LogP contribution in [0.4, 0.5) is 21.5 Å². The summed E-state index contributed by atoms with van der Waals surface area (Å²) < 4.78 is 13.7. The third kappa shape index (κ3) is 4.13. The second-order valence-electron chi connectivity index (χ2n) is 3.96. The minimum atomic E-state index is -0.662. The smallest absolute Gasteiger partial charge is 0.308 e. The minimum absolute atomic E-state index is 0.0588. The Labute approximate surface area is 120 Å². The van der Waals surface area contributed by atoms with Gasteiger partial charge in [-0.25, -0.2) is 4.39 Å². The van der Waals surface area contributed by atoms with Crippen LogP contribution in [0.1, 0.15) is 19.4 Å². The number of H-pyrrole nitrogens is 1. The number of aromatic amines is 1. The Bertz CT molecular complexity index is 698. The number of nitrogens with zero attached hydrogens (tertiary/aromatic N) is 1. The Morgan fingerprint density at radius 2 is 1.90 bits per heavy atom. The number of aromatic nitrogens is 1. The van der Waals surface area contributed by atoms with E-state index < -0.39 is 16.3 Å². The van der Waals surface area contributed by atoms with Gasteiger partial charge in [-0.15, -0.1) is 0 Å². The fraction of sp³-hybridized carbons (Fsp3) is 0.214. The summed E-state index contributed by atoms with van der Waals surface area (Å²) in [5.74, 6) is -0.547. The quantitative estimate of drug-likeness (QED) is 0.669. The summed E-state index contributed by atoms with van der Waals surface area (Å²) >= 11 is 0. The van der Waals surface area contributed by atoms with Crippen LogP contribution in [0.2, 0.25) is 0 Å². The lowest BCUT2D eigenvalue weighted by molar-refractivity contribution is -0.384. The van der Waals surface area contributed by atoms with E-state index in [1.807, 2.05) is 13.8 Å². The minimum Gasteiger partial charge on any atom is -0.347 e. The standard InChI is InChI=1S/C12H10FN3O3.C2H6/c1-7-2-3-9(8(13)4-7)15-10-5-12(17)14-6-11(10)16(18)19;1-2/h2-6H,1H3,(H2,14,15,17);1-2H3. The van der Waals surface area contributed by atoms with Gasteiger partial charge in [0.15, 0.2) is 0 Å². The second-order valence-corrected chi connectivity index (χ2v) is 3.96. The number of hydrogen-bond donors (Lipinski definition) is 2. The van der Waals surface area contributed by atoms with Gasteiger partial charge in [0, 0.05) is 6.07 Å². The van der Waals surface area contributed by atoms with Gasteiger partial charge in [-0.2, -0.15) is 0 Å². The van der Waals surface area contributed by atoms with Crippen LogP contribution in [0.25, 0.3) is 0 Å². The number of halogens is 1. The predicted molar refractivity (Wildman–Crippen MR) is 79.5 cm³/mol. The molecule has 0 amide bonds. The number of pyridine rings is 1. The Hall–Kier alpha value is -2.70. The van der Waals surface area contributed by atoms with Crippen LogP contribution in [-0.4, -0.2) is 9.91 Å². The summed E-state index contributed by atoms with van der Waals surface area (Å²) in [5.41, 5.74) is -0.112. The van der Waals surface area contributed by atoms with Crippen molar-refractivity contribution in [3.8, 4) is 0 Å². The molecule has 0 atom stereocenters. The molecule has 7 heteroatoms. The van der Waals surface area contributed by atoms with Gasteiger partial charge in [-0.1, -0.05) is 19.9 Å². The third-order valence-electron chi connectivity index (χ3n) is 2.49. The van der Waals surface area contributed by atoms with Crippen LogP contribution in [0.5, 0.6) is 0 Å². The molecule has 0 aliphatic carbocycles. The molecular weight excluding hydrogens is 277 g/mol. The van der Waals surface area contributed by atoms with E-state index in [2.05, 4.69) is 10.3 Å². The Balaban J connectivity index is 0.00000106. The van der Waals surface area contributed by atoms with Gasteiger partial charge in [0.05, 0.1) is 16.8 Å². The van der Waals surface area contributed by atoms with Crippen molar-refractivity contribution in [1.82, 2.24) is 4.98 Å². The summed E-state index contributed by atoms with van der Waals surface area (Å²) in [5, 5.41) is 13.4. The summed E-state index contributed by atoms with van der Waals surface area (Å²) in [6, 6.07) is 5.42. The van der Waals surface area contributed by atoms with Gasteiger partial charge >= 0.3 is 5.69 Å². The zero-order valence-electron chi connectivity index (χ0n) is 11.9. The molecule has 6 nitrogen and oxygen atoms in total. The van der Waals surface area contributed by atoms with Crippen LogP contribution < -0.4 is 10.9 Å². The highest BCUT2D eigenvalue weighted by Gasteiger charge is 2.15. The Morgan fingerprint density at radius 3 is 2.48 bits per heavy atom. The SMILES string of the molecule is CC.Cc1ccc(Nc2cc(=O)[nH]cc2[N+](=O)[O-])c(F)c1. The van der Waals surface area contributed by atoms with Crippen LogP contribution in [0.15, 0.2) is 35.3 Å². The van der Waals surface area contributed by atoms with Crippen LogP contribution >= 0.6 is 0 Å². The van der Waals surface area contributed by atoms with Crippen LogP contribution in [-0.2, 0) is 0 Å². The average molecular weight is 293 g/mol. The molecule has 0 aliphatic heterocycles. The second kappa shape index (κ2) is 7.18. The number of aryl methyl sites for hydroxylation is 1. The lowest BCUT2D eigenvalue weighted by Gasteiger charge is -2.08. The van der Waals surface area contributed by atoms with Gasteiger partial charge < -0.3 is 10.3 Å². The molecule has 0 aliphatic rings. The molecule has 21 heavy (non-hydrogen) atoms. The lowest BCUT2D eigenvalue weighted by atomic mass is 10.2. The highest BCUT2D eigenvalue weighted by atomic mass is 19.1. The first-order chi connectivity index (χ1) is 9.97. The van der Waals surface area contributed by atoms with Gasteiger partial charge in [-0.05, 0) is 24.6 Å². The van der Waals surface area contributed by atoms with E-state index in [0.29, 0.717) is 0 Å². The van der Waals surface area contributed by atoms with Gasteiger partial charge in [0.2, 0.25) is 5.56 Å². The van der Waals surface area contributed by atoms with Crippen molar-refractivity contribution in [1.29, 1.82) is 0 Å². The molecule has 1 aromatic carbocycles. The number of anilines is 2. The Kier molecular flexibility index (Phi) is 5.59. The molecule has 0 saturated carbocycles. The fourth-order valence-corrected chi connectivity index (χ4v) is 1.58. The fourth-order valence-electron chi connectivity index (χ4n) is 1.58. The number of hydrogen-bond acceptors (Lipinski definition) is 4. The summed E-state index contributed by atoms with van der Waals surface area (Å²) in [4.78, 5) is 23.5. The van der Waals surface area contributed by atoms with Crippen molar-refractivity contribution in [3.05, 3.63) is 62.3 Å². The van der Waals surface area contributed by atoms with E-state index in [1.54, 1.807) is 13.0 Å². The average Bonchev–Trinajstić information content (AvgIpc) is 2.44. The molecule has 0 fully saturated rings. The molecule has 112 valence electrons. The highest BCUT2D eigenvalue weighted by Crippen LogP contribution is 2.26. The van der Waals surface area contributed by atoms with E-state index in [9.17, 15) is 19.3 Å². The summed E-state index contributed by atoms with van der Waals surface area (Å²) in [6.07, 6.45) is 0.969. The first kappa shape index (κ1) is 16.4. The molecule has 0 spiro atoms. The summed E-state index contributed by atoms with van der Waals surface area (Å²) in [6.45, 7) is 5.72. The van der Waals surface area contributed by atoms with E-state index in [4.69, 9.17) is 0 Å². The maximum Gasteiger partial charge on any atom is 0.308 e. The molecule has 2 aromatic rings. The lowest BCUT2D eigenvalue weighted by Crippen LogP contribution is -2.08. The van der Waals surface area contributed by atoms with Crippen molar-refractivity contribution in [2.75, 3.05) is 5.32 Å². The van der Waals surface area contributed by atoms with Crippen LogP contribution in [0, 0.1) is 22.9 Å². The third-order valence-corrected chi connectivity index (χ3v) is 2.49. The first-order valence-corrected chi connectivity index (χ1v) is 6.37. The van der Waals surface area contributed by atoms with Crippen LogP contribution in [0.3, 0.4) is 0 Å². The molecule has 0 unspecified atom stereocenters. The van der Waals surface area contributed by atoms with Crippen molar-refractivity contribution < 1.29 is 9.31 Å². The molecule has 0 radical (unpaired) electrons. The number of nitro groups is 1. The summed E-state index contributed by atoms with van der Waals surface area (Å²) in [7, 11) is 0. The maximum absolute atomic E-state index is 13.7. The largest absolute Gasteiger partial charge is 0.347 e. The van der Waals surface area contributed by atoms with Crippen molar-refractivity contribution in [2.45, 2.75) is 20.8 Å². The van der Waals surface area contributed by atoms with E-state index >= 15 is 0 Å². The van der Waals surface area contributed by atoms with Crippen molar-refractivity contribution in [2.24, 2.45) is 0 Å². The van der Waals surface area contributed by atoms with E-state index in [0.717, 1.165) is 17.8 Å². The topological polar surface area (TPSA) is 88.0 Å². The maximum atomic E-state index is 13.7. The van der Waals surface area contributed by atoms with Crippen molar-refractivity contribution >= 4 is 17.1 Å². The predicted octanol–water partition coefficient (Wildman–Crippen LogP) is 3.50. The Morgan fingerprint density at radius 1 is 1.24 bits per heavy atom. The molecule has 1 aromatic heterocycles. The zero-order chi connectivity index (χ0) is 16.0. The zero-order valence-corrected chi connectivity index (χ0v) is 11.9. The van der Waals surface area contributed by atoms with Gasteiger partial charge in [0.25, 0.3) is 0 Å². The highest BCUT2D eigenvalue weighted by molar-refractivity contribution is 5.68. The first-order valence-electron chi connectivity index (χ1n) is 6.37. The number of nitrogens with one attached hydrogen (secondary N) is 2. The van der Waals surface area contributed by atoms with Gasteiger partial charge in [0.1, 0.15) is 11.5 Å². The van der Waals surface area contributed by atoms with Crippen molar-refractivity contribution in [3.63, 3.8) is 0 Å². The molecule has 0 saturated heterocycles. The normalized spacial score (nSPS) is 9.52. The number of benzene rings is 1. The van der Waals surface area contributed by atoms with E-state index in [1.165, 1.54) is 12.1 Å². The number of rotatable bonds is 3. The molecule has 0 bridgehead atoms. The monoisotopic (exact) mass is 293 g/mol. The molecule has 1 heterocycles. The van der Waals surface area contributed by atoms with Gasteiger partial charge in [-0.3, -0.25) is 14.9 Å². The molecular formula is C14H16FN3O3. The van der Waals surface area contributed by atoms with E-state index in [-0.39, 0.29) is 17.1 Å².